The molecule has 1 aliphatic heterocycles. The lowest BCUT2D eigenvalue weighted by Crippen LogP contribution is -2.35. The zero-order valence-electron chi connectivity index (χ0n) is 17.0. The van der Waals surface area contributed by atoms with Crippen molar-refractivity contribution in [3.63, 3.8) is 0 Å². The number of benzene rings is 2. The largest absolute Gasteiger partial charge is 0.436 e. The van der Waals surface area contributed by atoms with Crippen molar-refractivity contribution in [1.29, 1.82) is 0 Å². The van der Waals surface area contributed by atoms with Crippen LogP contribution >= 0.6 is 0 Å². The molecular weight excluding hydrogens is 378 g/mol. The number of aryl methyl sites for hydroxylation is 2. The van der Waals surface area contributed by atoms with Crippen molar-refractivity contribution in [2.75, 3.05) is 11.4 Å². The third kappa shape index (κ3) is 4.17. The molecule has 0 aliphatic carbocycles. The van der Waals surface area contributed by atoms with Crippen LogP contribution in [-0.4, -0.2) is 23.3 Å². The number of anilines is 1. The van der Waals surface area contributed by atoms with Crippen LogP contribution in [0.25, 0.3) is 0 Å². The number of ether oxygens (including phenoxy) is 1. The molecule has 1 N–H and O–H groups in total. The second-order valence-electron chi connectivity index (χ2n) is 7.40. The van der Waals surface area contributed by atoms with E-state index in [1.54, 1.807) is 23.2 Å². The Kier molecular flexibility index (Phi) is 5.48. The summed E-state index contributed by atoms with van der Waals surface area (Å²) in [4.78, 5) is 31.5. The van der Waals surface area contributed by atoms with Gasteiger partial charge in [-0.2, -0.15) is 0 Å². The van der Waals surface area contributed by atoms with Gasteiger partial charge in [-0.3, -0.25) is 9.59 Å². The van der Waals surface area contributed by atoms with Crippen molar-refractivity contribution in [2.24, 2.45) is 0 Å². The summed E-state index contributed by atoms with van der Waals surface area (Å²) in [5, 5.41) is 2.92. The maximum atomic E-state index is 13.2. The van der Waals surface area contributed by atoms with Gasteiger partial charge in [0.05, 0.1) is 5.69 Å². The Balaban J connectivity index is 1.50. The highest BCUT2D eigenvalue weighted by molar-refractivity contribution is 6.09. The molecule has 0 unspecified atom stereocenters. The minimum atomic E-state index is -0.228. The number of carbonyl (C=O) groups excluding carboxylic acids is 2. The van der Waals surface area contributed by atoms with Crippen LogP contribution in [0, 0.1) is 13.8 Å². The quantitative estimate of drug-likeness (QED) is 0.697. The molecule has 0 atom stereocenters. The monoisotopic (exact) mass is 401 g/mol. The molecule has 6 heteroatoms. The van der Waals surface area contributed by atoms with E-state index in [9.17, 15) is 9.59 Å². The van der Waals surface area contributed by atoms with E-state index in [-0.39, 0.29) is 30.7 Å². The summed E-state index contributed by atoms with van der Waals surface area (Å²) in [6.07, 6.45) is 1.77. The Hall–Kier alpha value is -3.67. The molecule has 30 heavy (non-hydrogen) atoms. The van der Waals surface area contributed by atoms with Crippen molar-refractivity contribution in [1.82, 2.24) is 10.3 Å². The van der Waals surface area contributed by atoms with Crippen LogP contribution in [0.4, 0.5) is 5.69 Å². The number of pyridine rings is 1. The molecule has 0 spiro atoms. The van der Waals surface area contributed by atoms with Crippen LogP contribution in [-0.2, 0) is 11.3 Å². The summed E-state index contributed by atoms with van der Waals surface area (Å²) < 4.78 is 5.91. The Morgan fingerprint density at radius 2 is 1.83 bits per heavy atom. The van der Waals surface area contributed by atoms with Gasteiger partial charge in [0.2, 0.25) is 11.8 Å². The summed E-state index contributed by atoms with van der Waals surface area (Å²) in [5.74, 6) is 0.480. The Bertz CT molecular complexity index is 1090. The molecule has 4 rings (SSSR count). The number of aromatic nitrogens is 1. The average molecular weight is 401 g/mol. The fourth-order valence-corrected chi connectivity index (χ4v) is 3.35. The third-order valence-electron chi connectivity index (χ3n) is 5.03. The molecule has 2 heterocycles. The highest BCUT2D eigenvalue weighted by atomic mass is 16.5. The van der Waals surface area contributed by atoms with E-state index >= 15 is 0 Å². The molecule has 6 nitrogen and oxygen atoms in total. The van der Waals surface area contributed by atoms with Gasteiger partial charge in [-0.15, -0.1) is 0 Å². The Labute approximate surface area is 175 Å². The first-order valence-electron chi connectivity index (χ1n) is 9.89. The smallest absolute Gasteiger partial charge is 0.263 e. The Morgan fingerprint density at radius 1 is 1.07 bits per heavy atom. The topological polar surface area (TPSA) is 71.5 Å². The predicted molar refractivity (Wildman–Crippen MR) is 115 cm³/mol. The summed E-state index contributed by atoms with van der Waals surface area (Å²) in [6, 6.07) is 17.0. The van der Waals surface area contributed by atoms with E-state index in [0.717, 1.165) is 11.1 Å². The van der Waals surface area contributed by atoms with Gasteiger partial charge in [0.25, 0.3) is 5.91 Å². The fourth-order valence-electron chi connectivity index (χ4n) is 3.35. The summed E-state index contributed by atoms with van der Waals surface area (Å²) in [6.45, 7) is 4.68. The lowest BCUT2D eigenvalue weighted by Gasteiger charge is -2.22. The van der Waals surface area contributed by atoms with Gasteiger partial charge >= 0.3 is 0 Å². The number of nitrogens with zero attached hydrogens (tertiary/aromatic N) is 2. The summed E-state index contributed by atoms with van der Waals surface area (Å²) >= 11 is 0. The third-order valence-corrected chi connectivity index (χ3v) is 5.03. The van der Waals surface area contributed by atoms with Crippen molar-refractivity contribution in [3.8, 4) is 11.6 Å². The van der Waals surface area contributed by atoms with Crippen LogP contribution in [0.2, 0.25) is 0 Å². The van der Waals surface area contributed by atoms with Gasteiger partial charge in [0.15, 0.2) is 5.75 Å². The maximum Gasteiger partial charge on any atom is 0.263 e. The normalized spacial score (nSPS) is 12.5. The minimum Gasteiger partial charge on any atom is -0.436 e. The second-order valence-corrected chi connectivity index (χ2v) is 7.40. The molecule has 152 valence electrons. The van der Waals surface area contributed by atoms with E-state index < -0.39 is 0 Å². The number of hydrogen-bond acceptors (Lipinski definition) is 4. The van der Waals surface area contributed by atoms with Gasteiger partial charge in [-0.25, -0.2) is 4.98 Å². The van der Waals surface area contributed by atoms with Crippen LogP contribution < -0.4 is 15.0 Å². The van der Waals surface area contributed by atoms with Crippen LogP contribution in [0.3, 0.4) is 0 Å². The van der Waals surface area contributed by atoms with Gasteiger partial charge in [0, 0.05) is 25.7 Å². The number of carbonyl (C=O) groups is 2. The fraction of sp³-hybridized carbons (Fsp3) is 0.208. The SMILES string of the molecule is Cc1ccc(CNC(=O)CCN2C(=O)c3cccnc3Oc3ccc(C)cc32)cc1. The molecule has 1 aliphatic rings. The lowest BCUT2D eigenvalue weighted by molar-refractivity contribution is -0.121. The van der Waals surface area contributed by atoms with E-state index in [1.807, 2.05) is 56.3 Å². The number of nitrogens with one attached hydrogen (secondary N) is 1. The summed E-state index contributed by atoms with van der Waals surface area (Å²) in [7, 11) is 0. The average Bonchev–Trinajstić information content (AvgIpc) is 2.86. The van der Waals surface area contributed by atoms with E-state index in [0.29, 0.717) is 23.5 Å². The first-order valence-corrected chi connectivity index (χ1v) is 9.89. The van der Waals surface area contributed by atoms with Crippen LogP contribution in [0.1, 0.15) is 33.5 Å². The predicted octanol–water partition coefficient (Wildman–Crippen LogP) is 4.16. The highest BCUT2D eigenvalue weighted by Crippen LogP contribution is 2.38. The number of hydrogen-bond donors (Lipinski definition) is 1. The summed E-state index contributed by atoms with van der Waals surface area (Å²) in [5.41, 5.74) is 4.23. The van der Waals surface area contributed by atoms with Crippen molar-refractivity contribution in [2.45, 2.75) is 26.8 Å². The lowest BCUT2D eigenvalue weighted by atomic mass is 10.1. The molecular formula is C24H23N3O3. The first kappa shape index (κ1) is 19.6. The van der Waals surface area contributed by atoms with E-state index in [4.69, 9.17) is 4.74 Å². The zero-order valence-corrected chi connectivity index (χ0v) is 17.0. The standard InChI is InChI=1S/C24H23N3O3/c1-16-5-8-18(9-6-16)15-26-22(28)11-13-27-20-14-17(2)7-10-21(20)30-23-19(24(27)29)4-3-12-25-23/h3-10,12,14H,11,13,15H2,1-2H3,(H,26,28). The number of amides is 2. The van der Waals surface area contributed by atoms with Gasteiger partial charge in [-0.05, 0) is 49.2 Å². The van der Waals surface area contributed by atoms with Crippen LogP contribution in [0.5, 0.6) is 11.6 Å². The molecule has 2 amide bonds. The highest BCUT2D eigenvalue weighted by Gasteiger charge is 2.29. The van der Waals surface area contributed by atoms with Crippen molar-refractivity contribution < 1.29 is 14.3 Å². The van der Waals surface area contributed by atoms with Crippen LogP contribution in [0.15, 0.2) is 60.8 Å². The number of rotatable bonds is 5. The molecule has 1 aromatic heterocycles. The first-order chi connectivity index (χ1) is 14.5. The minimum absolute atomic E-state index is 0.117. The number of fused-ring (bicyclic) bond motifs is 2. The molecule has 2 aromatic carbocycles. The second kappa shape index (κ2) is 8.37. The van der Waals surface area contributed by atoms with E-state index in [2.05, 4.69) is 10.3 Å². The molecule has 0 bridgehead atoms. The van der Waals surface area contributed by atoms with Gasteiger partial charge < -0.3 is 15.0 Å². The van der Waals surface area contributed by atoms with E-state index in [1.165, 1.54) is 5.56 Å². The Morgan fingerprint density at radius 3 is 2.63 bits per heavy atom. The van der Waals surface area contributed by atoms with Crippen molar-refractivity contribution in [3.05, 3.63) is 83.0 Å². The van der Waals surface area contributed by atoms with Gasteiger partial charge in [0.1, 0.15) is 5.56 Å². The molecule has 0 saturated heterocycles. The van der Waals surface area contributed by atoms with Crippen molar-refractivity contribution >= 4 is 17.5 Å². The molecule has 3 aromatic rings. The maximum absolute atomic E-state index is 13.2. The zero-order chi connectivity index (χ0) is 21.1. The molecule has 0 radical (unpaired) electrons. The molecule has 0 fully saturated rings. The van der Waals surface area contributed by atoms with Gasteiger partial charge in [-0.1, -0.05) is 35.9 Å². The molecule has 0 saturated carbocycles.